The molecule has 2 aromatic carbocycles. The van der Waals surface area contributed by atoms with E-state index >= 15 is 0 Å². The number of amides is 1. The number of carbonyl (C=O) groups is 1. The van der Waals surface area contributed by atoms with Crippen LogP contribution in [0.2, 0.25) is 5.02 Å². The second-order valence-corrected chi connectivity index (χ2v) is 6.82. The van der Waals surface area contributed by atoms with Crippen LogP contribution in [0.4, 0.5) is 5.69 Å². The first-order valence-electron chi connectivity index (χ1n) is 6.76. The maximum absolute atomic E-state index is 12.7. The molecule has 3 rings (SSSR count). The van der Waals surface area contributed by atoms with Crippen molar-refractivity contribution in [2.75, 3.05) is 12.0 Å². The maximum atomic E-state index is 12.7. The Morgan fingerprint density at radius 3 is 2.74 bits per heavy atom. The Bertz CT molecular complexity index is 820. The van der Waals surface area contributed by atoms with Gasteiger partial charge in [-0.1, -0.05) is 59.8 Å². The second kappa shape index (κ2) is 6.74. The number of rotatable bonds is 3. The van der Waals surface area contributed by atoms with Crippen LogP contribution in [0.3, 0.4) is 0 Å². The lowest BCUT2D eigenvalue weighted by molar-refractivity contribution is -0.113. The van der Waals surface area contributed by atoms with Crippen LogP contribution in [0, 0.1) is 0 Å². The summed E-state index contributed by atoms with van der Waals surface area (Å²) in [5, 5.41) is 0.596. The van der Waals surface area contributed by atoms with Gasteiger partial charge in [0.2, 0.25) is 0 Å². The number of carbonyl (C=O) groups excluding carboxylic acids is 1. The van der Waals surface area contributed by atoms with Crippen LogP contribution in [0.5, 0.6) is 5.75 Å². The van der Waals surface area contributed by atoms with Crippen LogP contribution in [-0.4, -0.2) is 17.3 Å². The van der Waals surface area contributed by atoms with Crippen molar-refractivity contribution in [1.82, 2.24) is 0 Å². The number of halogens is 1. The van der Waals surface area contributed by atoms with Crippen LogP contribution >= 0.6 is 35.6 Å². The van der Waals surface area contributed by atoms with Gasteiger partial charge in [-0.05, 0) is 29.8 Å². The molecule has 1 aliphatic heterocycles. The van der Waals surface area contributed by atoms with Gasteiger partial charge in [-0.3, -0.25) is 9.69 Å². The molecule has 3 nitrogen and oxygen atoms in total. The third kappa shape index (κ3) is 3.27. The minimum Gasteiger partial charge on any atom is -0.497 e. The van der Waals surface area contributed by atoms with Crippen molar-refractivity contribution in [2.24, 2.45) is 0 Å². The summed E-state index contributed by atoms with van der Waals surface area (Å²) in [7, 11) is 1.58. The van der Waals surface area contributed by atoms with Gasteiger partial charge in [0.05, 0.1) is 17.7 Å². The molecular weight excluding hydrogens is 350 g/mol. The fourth-order valence-corrected chi connectivity index (χ4v) is 3.65. The average Bonchev–Trinajstić information content (AvgIpc) is 2.83. The smallest absolute Gasteiger partial charge is 0.270 e. The maximum Gasteiger partial charge on any atom is 0.270 e. The van der Waals surface area contributed by atoms with E-state index in [4.69, 9.17) is 28.6 Å². The zero-order valence-electron chi connectivity index (χ0n) is 12.2. The van der Waals surface area contributed by atoms with Gasteiger partial charge >= 0.3 is 0 Å². The highest BCUT2D eigenvalue weighted by Crippen LogP contribution is 2.37. The predicted octanol–water partition coefficient (Wildman–Crippen LogP) is 4.75. The molecule has 1 saturated heterocycles. The highest BCUT2D eigenvalue weighted by atomic mass is 35.5. The molecule has 116 valence electrons. The molecule has 0 N–H and O–H groups in total. The lowest BCUT2D eigenvalue weighted by Crippen LogP contribution is -2.27. The molecule has 23 heavy (non-hydrogen) atoms. The summed E-state index contributed by atoms with van der Waals surface area (Å²) in [5.41, 5.74) is 1.48. The number of thioether (sulfide) groups is 1. The third-order valence-electron chi connectivity index (χ3n) is 3.30. The van der Waals surface area contributed by atoms with Crippen molar-refractivity contribution < 1.29 is 9.53 Å². The first kappa shape index (κ1) is 16.1. The number of hydrogen-bond donors (Lipinski definition) is 0. The lowest BCUT2D eigenvalue weighted by atomic mass is 10.2. The van der Waals surface area contributed by atoms with E-state index in [0.29, 0.717) is 25.7 Å². The number of methoxy groups -OCH3 is 1. The van der Waals surface area contributed by atoms with Gasteiger partial charge in [-0.2, -0.15) is 0 Å². The third-order valence-corrected chi connectivity index (χ3v) is 4.94. The molecule has 1 amide bonds. The van der Waals surface area contributed by atoms with Gasteiger partial charge in [0.25, 0.3) is 5.91 Å². The number of ether oxygens (including phenoxy) is 1. The largest absolute Gasteiger partial charge is 0.497 e. The van der Waals surface area contributed by atoms with Crippen LogP contribution in [0.25, 0.3) is 6.08 Å². The van der Waals surface area contributed by atoms with Crippen LogP contribution in [0.15, 0.2) is 53.4 Å². The molecule has 0 saturated carbocycles. The fourth-order valence-electron chi connectivity index (χ4n) is 2.17. The van der Waals surface area contributed by atoms with Crippen LogP contribution in [-0.2, 0) is 4.79 Å². The first-order chi connectivity index (χ1) is 11.1. The summed E-state index contributed by atoms with van der Waals surface area (Å²) in [6, 6.07) is 14.6. The summed E-state index contributed by atoms with van der Waals surface area (Å²) >= 11 is 12.8. The van der Waals surface area contributed by atoms with Gasteiger partial charge in [0.1, 0.15) is 5.75 Å². The Balaban J connectivity index is 1.95. The summed E-state index contributed by atoms with van der Waals surface area (Å²) in [6.45, 7) is 0. The Morgan fingerprint density at radius 2 is 2.00 bits per heavy atom. The minimum absolute atomic E-state index is 0.159. The molecule has 6 heteroatoms. The van der Waals surface area contributed by atoms with E-state index in [1.807, 2.05) is 36.4 Å². The fraction of sp³-hybridized carbons (Fsp3) is 0.0588. The SMILES string of the molecule is COc1cccc(N2C(=O)C(=Cc3ccccc3Cl)SC2=S)c1. The number of anilines is 1. The molecule has 1 fully saturated rings. The van der Waals surface area contributed by atoms with Crippen LogP contribution < -0.4 is 9.64 Å². The van der Waals surface area contributed by atoms with E-state index in [1.54, 1.807) is 25.3 Å². The standard InChI is InChI=1S/C17H12ClNO2S2/c1-21-13-7-4-6-12(10-13)19-16(20)15(23-17(19)22)9-11-5-2-3-8-14(11)18/h2-10H,1H3. The van der Waals surface area contributed by atoms with Gasteiger partial charge in [0.15, 0.2) is 4.32 Å². The molecule has 0 radical (unpaired) electrons. The number of benzene rings is 2. The normalized spacial score (nSPS) is 16.3. The van der Waals surface area contributed by atoms with E-state index in [0.717, 1.165) is 5.56 Å². The minimum atomic E-state index is -0.159. The molecule has 1 heterocycles. The quantitative estimate of drug-likeness (QED) is 0.582. The topological polar surface area (TPSA) is 29.5 Å². The molecule has 0 spiro atoms. The van der Waals surface area contributed by atoms with Gasteiger partial charge in [0, 0.05) is 11.1 Å². The Morgan fingerprint density at radius 1 is 1.22 bits per heavy atom. The van der Waals surface area contributed by atoms with E-state index in [-0.39, 0.29) is 5.91 Å². The Hall–Kier alpha value is -1.82. The predicted molar refractivity (Wildman–Crippen MR) is 100 cm³/mol. The van der Waals surface area contributed by atoms with E-state index < -0.39 is 0 Å². The van der Waals surface area contributed by atoms with Gasteiger partial charge < -0.3 is 4.74 Å². The highest BCUT2D eigenvalue weighted by Gasteiger charge is 2.33. The molecular formula is C17H12ClNO2S2. The second-order valence-electron chi connectivity index (χ2n) is 4.74. The monoisotopic (exact) mass is 361 g/mol. The molecule has 0 atom stereocenters. The molecule has 0 aromatic heterocycles. The number of nitrogens with zero attached hydrogens (tertiary/aromatic N) is 1. The van der Waals surface area contributed by atoms with Gasteiger partial charge in [-0.25, -0.2) is 0 Å². The summed E-state index contributed by atoms with van der Waals surface area (Å²) in [6.07, 6.45) is 1.77. The molecule has 0 unspecified atom stereocenters. The van der Waals surface area contributed by atoms with Crippen molar-refractivity contribution in [1.29, 1.82) is 0 Å². The summed E-state index contributed by atoms with van der Waals surface area (Å²) in [5.74, 6) is 0.514. The summed E-state index contributed by atoms with van der Waals surface area (Å²) < 4.78 is 5.69. The van der Waals surface area contributed by atoms with E-state index in [2.05, 4.69) is 0 Å². The average molecular weight is 362 g/mol. The number of thiocarbonyl (C=S) groups is 1. The van der Waals surface area contributed by atoms with Crippen LogP contribution in [0.1, 0.15) is 5.56 Å². The van der Waals surface area contributed by atoms with Gasteiger partial charge in [-0.15, -0.1) is 0 Å². The molecule has 1 aliphatic rings. The first-order valence-corrected chi connectivity index (χ1v) is 8.37. The summed E-state index contributed by atoms with van der Waals surface area (Å²) in [4.78, 5) is 14.7. The number of hydrogen-bond acceptors (Lipinski definition) is 4. The molecule has 2 aromatic rings. The Kier molecular flexibility index (Phi) is 4.71. The van der Waals surface area contributed by atoms with Crippen molar-refractivity contribution in [3.8, 4) is 5.75 Å². The van der Waals surface area contributed by atoms with Crippen molar-refractivity contribution in [3.63, 3.8) is 0 Å². The van der Waals surface area contributed by atoms with E-state index in [9.17, 15) is 4.79 Å². The lowest BCUT2D eigenvalue weighted by Gasteiger charge is -2.15. The highest BCUT2D eigenvalue weighted by molar-refractivity contribution is 8.27. The van der Waals surface area contributed by atoms with E-state index in [1.165, 1.54) is 16.7 Å². The zero-order valence-corrected chi connectivity index (χ0v) is 14.5. The van der Waals surface area contributed by atoms with Crippen molar-refractivity contribution in [2.45, 2.75) is 0 Å². The van der Waals surface area contributed by atoms with Crippen molar-refractivity contribution >= 4 is 57.6 Å². The van der Waals surface area contributed by atoms with Crippen molar-refractivity contribution in [3.05, 3.63) is 64.0 Å². The molecule has 0 aliphatic carbocycles. The Labute approximate surface area is 148 Å². The zero-order chi connectivity index (χ0) is 16.4. The molecule has 0 bridgehead atoms.